The molecule has 0 bridgehead atoms. The highest BCUT2D eigenvalue weighted by molar-refractivity contribution is 5.71. The highest BCUT2D eigenvalue weighted by atomic mass is 16.3. The molecule has 22 heavy (non-hydrogen) atoms. The van der Waals surface area contributed by atoms with Crippen LogP contribution in [-0.4, -0.2) is 0 Å². The Morgan fingerprint density at radius 2 is 1.82 bits per heavy atom. The highest BCUT2D eigenvalue weighted by Gasteiger charge is 2.30. The highest BCUT2D eigenvalue weighted by Crippen LogP contribution is 2.46. The third kappa shape index (κ3) is 2.81. The van der Waals surface area contributed by atoms with Crippen molar-refractivity contribution < 1.29 is 4.42 Å². The molecule has 0 aliphatic heterocycles. The largest absolute Gasteiger partial charge is 0.466 e. The number of hydrogen-bond acceptors (Lipinski definition) is 1. The van der Waals surface area contributed by atoms with Gasteiger partial charge in [0.2, 0.25) is 0 Å². The molecule has 1 aliphatic rings. The molecular weight excluding hydrogens is 268 g/mol. The van der Waals surface area contributed by atoms with E-state index in [2.05, 4.69) is 62.9 Å². The molecular formula is C21H24O. The molecule has 0 radical (unpaired) electrons. The van der Waals surface area contributed by atoms with Crippen LogP contribution in [0.1, 0.15) is 49.7 Å². The molecule has 1 heterocycles. The molecule has 1 aromatic heterocycles. The summed E-state index contributed by atoms with van der Waals surface area (Å²) in [6.07, 6.45) is 2.19. The third-order valence-electron chi connectivity index (χ3n) is 4.89. The molecule has 1 nitrogen and oxygen atoms in total. The molecule has 114 valence electrons. The standard InChI is InChI=1S/C21H24O/c1-14(2)18-12-19(17-8-6-5-7-9-17)16(4)20(13-18)21-11-10-15(3)22-21/h5-11,18,20H,1,12-13H2,2-4H3. The van der Waals surface area contributed by atoms with Crippen LogP contribution in [0.25, 0.3) is 5.57 Å². The molecule has 0 N–H and O–H groups in total. The minimum absolute atomic E-state index is 0.361. The number of rotatable bonds is 3. The Balaban J connectivity index is 2.06. The van der Waals surface area contributed by atoms with E-state index in [0.717, 1.165) is 24.4 Å². The molecule has 1 heteroatoms. The maximum Gasteiger partial charge on any atom is 0.111 e. The van der Waals surface area contributed by atoms with Crippen molar-refractivity contribution >= 4 is 5.57 Å². The first-order valence-electron chi connectivity index (χ1n) is 8.03. The molecule has 0 fully saturated rings. The van der Waals surface area contributed by atoms with Gasteiger partial charge in [-0.3, -0.25) is 0 Å². The van der Waals surface area contributed by atoms with Crippen LogP contribution in [0.3, 0.4) is 0 Å². The average Bonchev–Trinajstić information content (AvgIpc) is 2.94. The first kappa shape index (κ1) is 14.9. The number of aryl methyl sites for hydroxylation is 1. The van der Waals surface area contributed by atoms with E-state index in [4.69, 9.17) is 4.42 Å². The molecule has 0 spiro atoms. The lowest BCUT2D eigenvalue weighted by molar-refractivity contribution is 0.412. The summed E-state index contributed by atoms with van der Waals surface area (Å²) in [5, 5.41) is 0. The molecule has 2 atom stereocenters. The summed E-state index contributed by atoms with van der Waals surface area (Å²) in [7, 11) is 0. The van der Waals surface area contributed by atoms with Crippen LogP contribution in [-0.2, 0) is 0 Å². The molecule has 1 aliphatic carbocycles. The van der Waals surface area contributed by atoms with Crippen molar-refractivity contribution in [3.8, 4) is 0 Å². The van der Waals surface area contributed by atoms with Crippen LogP contribution in [0.5, 0.6) is 0 Å². The van der Waals surface area contributed by atoms with Gasteiger partial charge in [0.05, 0.1) is 0 Å². The Morgan fingerprint density at radius 3 is 2.41 bits per heavy atom. The van der Waals surface area contributed by atoms with Crippen molar-refractivity contribution in [1.82, 2.24) is 0 Å². The second-order valence-corrected chi connectivity index (χ2v) is 6.51. The van der Waals surface area contributed by atoms with Gasteiger partial charge in [0.1, 0.15) is 11.5 Å². The van der Waals surface area contributed by atoms with Gasteiger partial charge in [-0.1, -0.05) is 48.1 Å². The monoisotopic (exact) mass is 292 g/mol. The fourth-order valence-electron chi connectivity index (χ4n) is 3.49. The maximum atomic E-state index is 5.94. The van der Waals surface area contributed by atoms with Gasteiger partial charge >= 0.3 is 0 Å². The Kier molecular flexibility index (Phi) is 4.06. The van der Waals surface area contributed by atoms with E-state index in [9.17, 15) is 0 Å². The molecule has 0 amide bonds. The zero-order valence-corrected chi connectivity index (χ0v) is 13.7. The number of hydrogen-bond donors (Lipinski definition) is 0. The summed E-state index contributed by atoms with van der Waals surface area (Å²) in [6, 6.07) is 14.9. The maximum absolute atomic E-state index is 5.94. The van der Waals surface area contributed by atoms with Gasteiger partial charge in [0, 0.05) is 5.92 Å². The summed E-state index contributed by atoms with van der Waals surface area (Å²) in [5.41, 5.74) is 5.50. The number of allylic oxidation sites excluding steroid dienone is 3. The third-order valence-corrected chi connectivity index (χ3v) is 4.89. The van der Waals surface area contributed by atoms with Crippen molar-refractivity contribution in [2.45, 2.75) is 39.5 Å². The normalized spacial score (nSPS) is 22.0. The number of benzene rings is 1. The summed E-state index contributed by atoms with van der Waals surface area (Å²) in [6.45, 7) is 10.6. The fourth-order valence-corrected chi connectivity index (χ4v) is 3.49. The van der Waals surface area contributed by atoms with E-state index in [1.165, 1.54) is 22.3 Å². The van der Waals surface area contributed by atoms with Crippen LogP contribution in [0.15, 0.2) is 64.6 Å². The topological polar surface area (TPSA) is 13.1 Å². The van der Waals surface area contributed by atoms with E-state index in [-0.39, 0.29) is 0 Å². The second kappa shape index (κ2) is 6.00. The molecule has 0 saturated heterocycles. The zero-order chi connectivity index (χ0) is 15.7. The van der Waals surface area contributed by atoms with Crippen LogP contribution >= 0.6 is 0 Å². The van der Waals surface area contributed by atoms with Crippen molar-refractivity contribution in [2.75, 3.05) is 0 Å². The summed E-state index contributed by atoms with van der Waals surface area (Å²) in [4.78, 5) is 0. The van der Waals surface area contributed by atoms with Gasteiger partial charge in [0.25, 0.3) is 0 Å². The Hall–Kier alpha value is -2.02. The predicted octanol–water partition coefficient (Wildman–Crippen LogP) is 6.13. The van der Waals surface area contributed by atoms with Crippen LogP contribution in [0, 0.1) is 12.8 Å². The van der Waals surface area contributed by atoms with Gasteiger partial charge in [-0.2, -0.15) is 0 Å². The van der Waals surface area contributed by atoms with Crippen molar-refractivity contribution in [3.63, 3.8) is 0 Å². The minimum Gasteiger partial charge on any atom is -0.466 e. The summed E-state index contributed by atoms with van der Waals surface area (Å²) in [5.74, 6) is 2.96. The van der Waals surface area contributed by atoms with Crippen LogP contribution in [0.4, 0.5) is 0 Å². The quantitative estimate of drug-likeness (QED) is 0.620. The first-order chi connectivity index (χ1) is 10.6. The Morgan fingerprint density at radius 1 is 1.09 bits per heavy atom. The average molecular weight is 292 g/mol. The van der Waals surface area contributed by atoms with Crippen molar-refractivity contribution in [1.29, 1.82) is 0 Å². The predicted molar refractivity (Wildman–Crippen MR) is 92.8 cm³/mol. The van der Waals surface area contributed by atoms with Crippen LogP contribution < -0.4 is 0 Å². The zero-order valence-electron chi connectivity index (χ0n) is 13.7. The molecule has 2 unspecified atom stereocenters. The Labute approximate surface area is 133 Å². The van der Waals surface area contributed by atoms with Gasteiger partial charge in [-0.25, -0.2) is 0 Å². The smallest absolute Gasteiger partial charge is 0.111 e. The first-order valence-corrected chi connectivity index (χ1v) is 8.03. The Bertz CT molecular complexity index is 703. The van der Waals surface area contributed by atoms with E-state index >= 15 is 0 Å². The van der Waals surface area contributed by atoms with E-state index < -0.39 is 0 Å². The lowest BCUT2D eigenvalue weighted by Gasteiger charge is -2.32. The SMILES string of the molecule is C=C(C)C1CC(c2ccccc2)=C(C)C(c2ccc(C)o2)C1. The van der Waals surface area contributed by atoms with E-state index in [0.29, 0.717) is 11.8 Å². The lowest BCUT2D eigenvalue weighted by Crippen LogP contribution is -2.17. The fraction of sp³-hybridized carbons (Fsp3) is 0.333. The summed E-state index contributed by atoms with van der Waals surface area (Å²) >= 11 is 0. The van der Waals surface area contributed by atoms with Gasteiger partial charge in [-0.05, 0) is 62.8 Å². The van der Waals surface area contributed by atoms with Gasteiger partial charge in [0.15, 0.2) is 0 Å². The second-order valence-electron chi connectivity index (χ2n) is 6.51. The van der Waals surface area contributed by atoms with Gasteiger partial charge < -0.3 is 4.42 Å². The van der Waals surface area contributed by atoms with E-state index in [1.807, 2.05) is 6.92 Å². The van der Waals surface area contributed by atoms with Crippen molar-refractivity contribution in [3.05, 3.63) is 77.3 Å². The number of furan rings is 1. The lowest BCUT2D eigenvalue weighted by atomic mass is 9.72. The van der Waals surface area contributed by atoms with E-state index in [1.54, 1.807) is 0 Å². The van der Waals surface area contributed by atoms with Crippen molar-refractivity contribution in [2.24, 2.45) is 5.92 Å². The molecule has 1 aromatic carbocycles. The minimum atomic E-state index is 0.361. The molecule has 0 saturated carbocycles. The molecule has 3 rings (SSSR count). The van der Waals surface area contributed by atoms with Gasteiger partial charge in [-0.15, -0.1) is 0 Å². The summed E-state index contributed by atoms with van der Waals surface area (Å²) < 4.78 is 5.94. The van der Waals surface area contributed by atoms with Crippen LogP contribution in [0.2, 0.25) is 0 Å². The molecule has 2 aromatic rings.